The predicted octanol–water partition coefficient (Wildman–Crippen LogP) is 2.69. The second kappa shape index (κ2) is 9.37. The molecule has 1 saturated carbocycles. The van der Waals surface area contributed by atoms with Gasteiger partial charge in [-0.05, 0) is 69.2 Å². The van der Waals surface area contributed by atoms with Crippen LogP contribution in [0, 0.1) is 11.8 Å². The number of hydrogen-bond donors (Lipinski definition) is 2. The Morgan fingerprint density at radius 2 is 1.81 bits per heavy atom. The van der Waals surface area contributed by atoms with Crippen molar-refractivity contribution in [2.45, 2.75) is 56.9 Å². The molecular formula is C19H30N2O4S. The van der Waals surface area contributed by atoms with Crippen molar-refractivity contribution in [3.8, 4) is 5.75 Å². The lowest BCUT2D eigenvalue weighted by molar-refractivity contribution is -0.126. The number of ether oxygens (including phenoxy) is 1. The number of amides is 1. The van der Waals surface area contributed by atoms with E-state index < -0.39 is 10.0 Å². The molecule has 6 nitrogen and oxygen atoms in total. The lowest BCUT2D eigenvalue weighted by Gasteiger charge is -2.28. The molecule has 0 aromatic heterocycles. The first kappa shape index (κ1) is 20.7. The molecule has 1 aliphatic carbocycles. The monoisotopic (exact) mass is 382 g/mol. The van der Waals surface area contributed by atoms with Crippen LogP contribution in [-0.2, 0) is 14.8 Å². The summed E-state index contributed by atoms with van der Waals surface area (Å²) in [6.07, 6.45) is 4.29. The second-order valence-electron chi connectivity index (χ2n) is 7.06. The molecule has 1 aromatic rings. The van der Waals surface area contributed by atoms with Crippen LogP contribution >= 0.6 is 0 Å². The van der Waals surface area contributed by atoms with Gasteiger partial charge in [-0.2, -0.15) is 0 Å². The zero-order valence-corrected chi connectivity index (χ0v) is 16.6. The highest BCUT2D eigenvalue weighted by atomic mass is 32.2. The highest BCUT2D eigenvalue weighted by Crippen LogP contribution is 2.29. The van der Waals surface area contributed by atoms with Crippen LogP contribution in [0.4, 0.5) is 0 Å². The van der Waals surface area contributed by atoms with E-state index in [-0.39, 0.29) is 28.7 Å². The maximum absolute atomic E-state index is 12.4. The highest BCUT2D eigenvalue weighted by Gasteiger charge is 2.27. The van der Waals surface area contributed by atoms with Crippen molar-refractivity contribution >= 4 is 15.9 Å². The quantitative estimate of drug-likeness (QED) is 0.724. The first-order valence-corrected chi connectivity index (χ1v) is 10.8. The number of benzene rings is 1. The summed E-state index contributed by atoms with van der Waals surface area (Å²) in [5.41, 5.74) is 0. The van der Waals surface area contributed by atoms with E-state index in [0.717, 1.165) is 32.1 Å². The molecule has 0 radical (unpaired) electrons. The fourth-order valence-electron chi connectivity index (χ4n) is 3.16. The topological polar surface area (TPSA) is 84.5 Å². The molecule has 1 amide bonds. The van der Waals surface area contributed by atoms with Gasteiger partial charge in [-0.15, -0.1) is 0 Å². The van der Waals surface area contributed by atoms with Crippen molar-refractivity contribution in [2.24, 2.45) is 11.8 Å². The van der Waals surface area contributed by atoms with Gasteiger partial charge in [0.1, 0.15) is 5.75 Å². The van der Waals surface area contributed by atoms with Crippen LogP contribution in [0.5, 0.6) is 5.75 Å². The Labute approximate surface area is 156 Å². The van der Waals surface area contributed by atoms with Crippen LogP contribution in [0.1, 0.15) is 46.0 Å². The fraction of sp³-hybridized carbons (Fsp3) is 0.632. The summed E-state index contributed by atoms with van der Waals surface area (Å²) in [7, 11) is -1.98. The molecule has 0 heterocycles. The Morgan fingerprint density at radius 3 is 2.35 bits per heavy atom. The Morgan fingerprint density at radius 1 is 1.19 bits per heavy atom. The molecule has 1 unspecified atom stereocenters. The van der Waals surface area contributed by atoms with E-state index in [1.165, 1.54) is 12.1 Å². The van der Waals surface area contributed by atoms with Gasteiger partial charge in [0.05, 0.1) is 12.0 Å². The molecule has 2 rings (SSSR count). The molecule has 0 bridgehead atoms. The second-order valence-corrected chi connectivity index (χ2v) is 8.83. The lowest BCUT2D eigenvalue weighted by atomic mass is 9.81. The Bertz CT molecular complexity index is 680. The lowest BCUT2D eigenvalue weighted by Crippen LogP contribution is -2.39. The molecular weight excluding hydrogens is 352 g/mol. The van der Waals surface area contributed by atoms with Gasteiger partial charge >= 0.3 is 0 Å². The van der Waals surface area contributed by atoms with Crippen LogP contribution in [-0.4, -0.2) is 34.0 Å². The third kappa shape index (κ3) is 5.71. The molecule has 1 fully saturated rings. The summed E-state index contributed by atoms with van der Waals surface area (Å²) in [6.45, 7) is 4.47. The van der Waals surface area contributed by atoms with Crippen molar-refractivity contribution in [3.63, 3.8) is 0 Å². The summed E-state index contributed by atoms with van der Waals surface area (Å²) in [5, 5.41) is 3.04. The first-order valence-electron chi connectivity index (χ1n) is 9.29. The largest absolute Gasteiger partial charge is 0.497 e. The summed E-state index contributed by atoms with van der Waals surface area (Å²) in [5.74, 6) is 1.09. The van der Waals surface area contributed by atoms with Crippen LogP contribution in [0.2, 0.25) is 0 Å². The molecule has 2 N–H and O–H groups in total. The number of sulfonamides is 1. The minimum Gasteiger partial charge on any atom is -0.497 e. The average molecular weight is 383 g/mol. The van der Waals surface area contributed by atoms with Gasteiger partial charge in [0.15, 0.2) is 0 Å². The predicted molar refractivity (Wildman–Crippen MR) is 102 cm³/mol. The van der Waals surface area contributed by atoms with E-state index in [4.69, 9.17) is 4.74 Å². The summed E-state index contributed by atoms with van der Waals surface area (Å²) in [4.78, 5) is 12.4. The van der Waals surface area contributed by atoms with Gasteiger partial charge in [0.25, 0.3) is 0 Å². The molecule has 26 heavy (non-hydrogen) atoms. The van der Waals surface area contributed by atoms with E-state index in [9.17, 15) is 13.2 Å². The van der Waals surface area contributed by atoms with Gasteiger partial charge in [0.2, 0.25) is 15.9 Å². The van der Waals surface area contributed by atoms with E-state index in [2.05, 4.69) is 17.0 Å². The molecule has 1 aliphatic rings. The van der Waals surface area contributed by atoms with Crippen molar-refractivity contribution in [1.82, 2.24) is 10.0 Å². The first-order chi connectivity index (χ1) is 12.4. The van der Waals surface area contributed by atoms with Crippen molar-refractivity contribution in [2.75, 3.05) is 13.7 Å². The Hall–Kier alpha value is -1.60. The zero-order chi connectivity index (χ0) is 19.2. The van der Waals surface area contributed by atoms with Gasteiger partial charge in [-0.25, -0.2) is 13.1 Å². The third-order valence-electron chi connectivity index (χ3n) is 5.15. The van der Waals surface area contributed by atoms with E-state index in [1.807, 2.05) is 6.92 Å². The van der Waals surface area contributed by atoms with E-state index in [1.54, 1.807) is 19.2 Å². The molecule has 1 aromatic carbocycles. The molecule has 0 saturated heterocycles. The number of hydrogen-bond acceptors (Lipinski definition) is 4. The number of carbonyl (C=O) groups is 1. The maximum Gasteiger partial charge on any atom is 0.240 e. The normalized spacial score (nSPS) is 21.8. The fourth-order valence-corrected chi connectivity index (χ4v) is 4.27. The minimum atomic E-state index is -3.52. The number of rotatable bonds is 8. The van der Waals surface area contributed by atoms with Gasteiger partial charge < -0.3 is 10.1 Å². The van der Waals surface area contributed by atoms with Gasteiger partial charge in [0, 0.05) is 18.5 Å². The molecule has 0 spiro atoms. The van der Waals surface area contributed by atoms with Crippen LogP contribution in [0.3, 0.4) is 0 Å². The number of nitrogens with one attached hydrogen (secondary N) is 2. The number of methoxy groups -OCH3 is 1. The molecule has 7 heteroatoms. The Balaban J connectivity index is 1.81. The summed E-state index contributed by atoms with van der Waals surface area (Å²) < 4.78 is 32.5. The smallest absolute Gasteiger partial charge is 0.240 e. The SMILES string of the molecule is CCC(C)NC(=O)C1CCC(CNS(=O)(=O)c2ccc(OC)cc2)CC1. The van der Waals surface area contributed by atoms with Crippen molar-refractivity contribution < 1.29 is 17.9 Å². The minimum absolute atomic E-state index is 0.0541. The van der Waals surface area contributed by atoms with Gasteiger partial charge in [-0.3, -0.25) is 4.79 Å². The van der Waals surface area contributed by atoms with Crippen LogP contribution in [0.25, 0.3) is 0 Å². The molecule has 1 atom stereocenters. The number of carbonyl (C=O) groups excluding carboxylic acids is 1. The van der Waals surface area contributed by atoms with Crippen molar-refractivity contribution in [1.29, 1.82) is 0 Å². The highest BCUT2D eigenvalue weighted by molar-refractivity contribution is 7.89. The Kier molecular flexibility index (Phi) is 7.46. The maximum atomic E-state index is 12.4. The zero-order valence-electron chi connectivity index (χ0n) is 15.8. The third-order valence-corrected chi connectivity index (χ3v) is 6.59. The van der Waals surface area contributed by atoms with Crippen LogP contribution in [0.15, 0.2) is 29.2 Å². The average Bonchev–Trinajstić information content (AvgIpc) is 2.66. The summed E-state index contributed by atoms with van der Waals surface area (Å²) >= 11 is 0. The van der Waals surface area contributed by atoms with Gasteiger partial charge in [-0.1, -0.05) is 6.92 Å². The molecule has 0 aliphatic heterocycles. The van der Waals surface area contributed by atoms with E-state index in [0.29, 0.717) is 12.3 Å². The van der Waals surface area contributed by atoms with Crippen molar-refractivity contribution in [3.05, 3.63) is 24.3 Å². The van der Waals surface area contributed by atoms with E-state index >= 15 is 0 Å². The summed E-state index contributed by atoms with van der Waals surface area (Å²) in [6, 6.07) is 6.55. The standard InChI is InChI=1S/C19H30N2O4S/c1-4-14(2)21-19(22)16-7-5-15(6-8-16)13-20-26(23,24)18-11-9-17(25-3)10-12-18/h9-12,14-16,20H,4-8,13H2,1-3H3,(H,21,22). The molecule has 146 valence electrons. The van der Waals surface area contributed by atoms with Crippen LogP contribution < -0.4 is 14.8 Å².